The van der Waals surface area contributed by atoms with Crippen LogP contribution in [-0.4, -0.2) is 12.2 Å². The van der Waals surface area contributed by atoms with E-state index in [2.05, 4.69) is 13.8 Å². The van der Waals surface area contributed by atoms with Crippen LogP contribution in [0, 0.1) is 0 Å². The minimum Gasteiger partial charge on any atom is -0.492 e. The molecule has 0 rings (SSSR count). The Bertz CT molecular complexity index is 250. The fraction of sp³-hybridized carbons (Fsp3) is 0.750. The predicted octanol–water partition coefficient (Wildman–Crippen LogP) is 5.14. The summed E-state index contributed by atoms with van der Waals surface area (Å²) in [5, 5.41) is 0. The summed E-state index contributed by atoms with van der Waals surface area (Å²) in [4.78, 5) is 0. The fourth-order valence-electron chi connectivity index (χ4n) is 1.58. The highest BCUT2D eigenvalue weighted by Gasteiger charge is 2.03. The van der Waals surface area contributed by atoms with Gasteiger partial charge >= 0.3 is 0 Å². The lowest BCUT2D eigenvalue weighted by atomic mass is 10.3. The predicted molar refractivity (Wildman–Crippen MR) is 79.5 cm³/mol. The maximum atomic E-state index is 5.68. The Morgan fingerprint density at radius 2 is 1.16 bits per heavy atom. The van der Waals surface area contributed by atoms with Crippen LogP contribution in [0.3, 0.4) is 0 Å². The molecule has 0 aromatic heterocycles. The minimum atomic E-state index is 0.174. The van der Waals surface area contributed by atoms with Crippen LogP contribution in [0.2, 0.25) is 0 Å². The van der Waals surface area contributed by atoms with E-state index >= 15 is 0 Å². The smallest absolute Gasteiger partial charge is 0.131 e. The number of ether oxygens (including phenoxy) is 3. The second-order valence-corrected chi connectivity index (χ2v) is 5.14. The van der Waals surface area contributed by atoms with Gasteiger partial charge in [-0.15, -0.1) is 0 Å². The molecule has 0 fully saturated rings. The highest BCUT2D eigenvalue weighted by Crippen LogP contribution is 2.13. The normalized spacial score (nSPS) is 13.1. The monoisotopic (exact) mass is 270 g/mol. The Balaban J connectivity index is 4.49. The van der Waals surface area contributed by atoms with Gasteiger partial charge in [0.1, 0.15) is 24.0 Å². The molecule has 3 heteroatoms. The van der Waals surface area contributed by atoms with E-state index < -0.39 is 0 Å². The summed E-state index contributed by atoms with van der Waals surface area (Å²) >= 11 is 0. The van der Waals surface area contributed by atoms with Gasteiger partial charge in [-0.2, -0.15) is 0 Å². The van der Waals surface area contributed by atoms with Gasteiger partial charge in [0, 0.05) is 12.8 Å². The Labute approximate surface area is 118 Å². The second-order valence-electron chi connectivity index (χ2n) is 5.14. The highest BCUT2D eigenvalue weighted by atomic mass is 16.5. The van der Waals surface area contributed by atoms with Gasteiger partial charge in [0.25, 0.3) is 0 Å². The standard InChI is InChI=1S/C16H30O3/c1-7-9-15(18-13(3)4)11-17-12-16(10-8-2)19-14(5)6/h11-14H,7-10H2,1-6H3. The molecule has 0 atom stereocenters. The first kappa shape index (κ1) is 17.9. The number of hydrogen-bond acceptors (Lipinski definition) is 3. The van der Waals surface area contributed by atoms with Crippen molar-refractivity contribution in [1.29, 1.82) is 0 Å². The molecule has 0 bridgehead atoms. The molecule has 19 heavy (non-hydrogen) atoms. The van der Waals surface area contributed by atoms with E-state index in [1.807, 2.05) is 27.7 Å². The molecule has 0 unspecified atom stereocenters. The average Bonchev–Trinajstić information content (AvgIpc) is 2.27. The summed E-state index contributed by atoms with van der Waals surface area (Å²) in [5.41, 5.74) is 0. The summed E-state index contributed by atoms with van der Waals surface area (Å²) in [6, 6.07) is 0. The first-order valence-corrected chi connectivity index (χ1v) is 7.36. The Kier molecular flexibility index (Phi) is 10.1. The second kappa shape index (κ2) is 10.8. The van der Waals surface area contributed by atoms with Gasteiger partial charge in [-0.05, 0) is 40.5 Å². The van der Waals surface area contributed by atoms with Gasteiger partial charge in [-0.3, -0.25) is 0 Å². The van der Waals surface area contributed by atoms with Crippen LogP contribution in [0.25, 0.3) is 0 Å². The third-order valence-electron chi connectivity index (χ3n) is 2.17. The molecule has 0 radical (unpaired) electrons. The maximum absolute atomic E-state index is 5.68. The molecule has 0 heterocycles. The summed E-state index contributed by atoms with van der Waals surface area (Å²) in [6.45, 7) is 12.3. The van der Waals surface area contributed by atoms with E-state index in [4.69, 9.17) is 14.2 Å². The zero-order valence-corrected chi connectivity index (χ0v) is 13.4. The number of hydrogen-bond donors (Lipinski definition) is 0. The minimum absolute atomic E-state index is 0.174. The van der Waals surface area contributed by atoms with Crippen molar-refractivity contribution in [3.05, 3.63) is 24.0 Å². The summed E-state index contributed by atoms with van der Waals surface area (Å²) in [7, 11) is 0. The molecule has 0 saturated heterocycles. The van der Waals surface area contributed by atoms with E-state index in [9.17, 15) is 0 Å². The van der Waals surface area contributed by atoms with Gasteiger partial charge in [0.2, 0.25) is 0 Å². The molecule has 0 amide bonds. The molecule has 0 spiro atoms. The van der Waals surface area contributed by atoms with E-state index in [0.29, 0.717) is 0 Å². The van der Waals surface area contributed by atoms with Crippen LogP contribution in [0.4, 0.5) is 0 Å². The molecule has 0 aromatic carbocycles. The maximum Gasteiger partial charge on any atom is 0.131 e. The van der Waals surface area contributed by atoms with Crippen molar-refractivity contribution in [3.8, 4) is 0 Å². The molecular formula is C16H30O3. The first-order chi connectivity index (χ1) is 8.99. The lowest BCUT2D eigenvalue weighted by Crippen LogP contribution is -2.04. The Hall–Kier alpha value is -1.12. The van der Waals surface area contributed by atoms with E-state index in [1.54, 1.807) is 12.5 Å². The quantitative estimate of drug-likeness (QED) is 0.515. The van der Waals surface area contributed by atoms with Crippen LogP contribution in [-0.2, 0) is 14.2 Å². The number of rotatable bonds is 10. The van der Waals surface area contributed by atoms with Gasteiger partial charge in [0.05, 0.1) is 12.2 Å². The van der Waals surface area contributed by atoms with Gasteiger partial charge in [-0.1, -0.05) is 13.8 Å². The molecule has 0 aliphatic carbocycles. The summed E-state index contributed by atoms with van der Waals surface area (Å²) in [6.07, 6.45) is 7.57. The summed E-state index contributed by atoms with van der Waals surface area (Å²) in [5.74, 6) is 1.77. The molecule has 0 aliphatic rings. The van der Waals surface area contributed by atoms with Gasteiger partial charge < -0.3 is 14.2 Å². The highest BCUT2D eigenvalue weighted by molar-refractivity contribution is 4.93. The van der Waals surface area contributed by atoms with Crippen molar-refractivity contribution < 1.29 is 14.2 Å². The zero-order valence-electron chi connectivity index (χ0n) is 13.4. The Morgan fingerprint density at radius 3 is 1.42 bits per heavy atom. The number of allylic oxidation sites excluding steroid dienone is 2. The van der Waals surface area contributed by atoms with Crippen molar-refractivity contribution in [1.82, 2.24) is 0 Å². The zero-order chi connectivity index (χ0) is 14.7. The first-order valence-electron chi connectivity index (χ1n) is 7.36. The van der Waals surface area contributed by atoms with Crippen molar-refractivity contribution in [2.75, 3.05) is 0 Å². The lowest BCUT2D eigenvalue weighted by Gasteiger charge is -2.14. The largest absolute Gasteiger partial charge is 0.492 e. The van der Waals surface area contributed by atoms with Gasteiger partial charge in [-0.25, -0.2) is 0 Å². The third-order valence-corrected chi connectivity index (χ3v) is 2.17. The molecular weight excluding hydrogens is 240 g/mol. The summed E-state index contributed by atoms with van der Waals surface area (Å²) < 4.78 is 16.8. The molecule has 0 aromatic rings. The van der Waals surface area contributed by atoms with Crippen molar-refractivity contribution >= 4 is 0 Å². The van der Waals surface area contributed by atoms with Crippen LogP contribution < -0.4 is 0 Å². The van der Waals surface area contributed by atoms with E-state index in [1.165, 1.54) is 0 Å². The molecule has 0 aliphatic heterocycles. The molecule has 3 nitrogen and oxygen atoms in total. The fourth-order valence-corrected chi connectivity index (χ4v) is 1.58. The molecule has 0 N–H and O–H groups in total. The van der Waals surface area contributed by atoms with Crippen LogP contribution in [0.5, 0.6) is 0 Å². The van der Waals surface area contributed by atoms with Gasteiger partial charge in [0.15, 0.2) is 0 Å². The van der Waals surface area contributed by atoms with Crippen molar-refractivity contribution in [2.45, 2.75) is 79.4 Å². The molecule has 112 valence electrons. The van der Waals surface area contributed by atoms with Crippen LogP contribution in [0.1, 0.15) is 67.2 Å². The third kappa shape index (κ3) is 10.5. The van der Waals surface area contributed by atoms with Crippen molar-refractivity contribution in [3.63, 3.8) is 0 Å². The lowest BCUT2D eigenvalue weighted by molar-refractivity contribution is 0.120. The van der Waals surface area contributed by atoms with E-state index in [0.717, 1.165) is 37.2 Å². The average molecular weight is 270 g/mol. The van der Waals surface area contributed by atoms with Crippen molar-refractivity contribution in [2.24, 2.45) is 0 Å². The molecule has 0 saturated carbocycles. The van der Waals surface area contributed by atoms with Crippen LogP contribution >= 0.6 is 0 Å². The van der Waals surface area contributed by atoms with Crippen LogP contribution in [0.15, 0.2) is 24.0 Å². The Morgan fingerprint density at radius 1 is 0.789 bits per heavy atom. The topological polar surface area (TPSA) is 27.7 Å². The van der Waals surface area contributed by atoms with E-state index in [-0.39, 0.29) is 12.2 Å². The SMILES string of the molecule is CCCC(=COC=C(CCC)OC(C)C)OC(C)C.